The van der Waals surface area contributed by atoms with Crippen molar-refractivity contribution in [3.63, 3.8) is 0 Å². The number of likely N-dealkylation sites (N-methyl/N-ethyl adjacent to an activating group) is 1. The Morgan fingerprint density at radius 2 is 1.93 bits per heavy atom. The minimum atomic E-state index is -0.605. The molecule has 2 saturated heterocycles. The summed E-state index contributed by atoms with van der Waals surface area (Å²) >= 11 is 6.54. The molecule has 0 aliphatic carbocycles. The molecule has 3 nitrogen and oxygen atoms in total. The van der Waals surface area contributed by atoms with E-state index in [1.807, 2.05) is 0 Å². The zero-order chi connectivity index (χ0) is 19.2. The highest BCUT2D eigenvalue weighted by atomic mass is 35.5. The van der Waals surface area contributed by atoms with Gasteiger partial charge in [0.1, 0.15) is 17.7 Å². The third-order valence-electron chi connectivity index (χ3n) is 6.10. The van der Waals surface area contributed by atoms with E-state index in [9.17, 15) is 8.78 Å². The largest absolute Gasteiger partial charge is 0.299 e. The zero-order valence-corrected chi connectivity index (χ0v) is 15.9. The Bertz CT molecular complexity index is 940. The van der Waals surface area contributed by atoms with E-state index in [0.29, 0.717) is 28.3 Å². The highest BCUT2D eigenvalue weighted by molar-refractivity contribution is 6.34. The van der Waals surface area contributed by atoms with Gasteiger partial charge in [-0.05, 0) is 49.7 Å². The van der Waals surface area contributed by atoms with Gasteiger partial charge in [0, 0.05) is 42.8 Å². The fourth-order valence-electron chi connectivity index (χ4n) is 4.21. The topological polar surface area (TPSA) is 30.3 Å². The summed E-state index contributed by atoms with van der Waals surface area (Å²) < 4.78 is 28.5. The summed E-state index contributed by atoms with van der Waals surface area (Å²) in [4.78, 5) is 4.62. The Morgan fingerprint density at radius 1 is 1.15 bits per heavy atom. The van der Waals surface area contributed by atoms with E-state index in [1.54, 1.807) is 18.2 Å². The van der Waals surface area contributed by atoms with E-state index < -0.39 is 5.82 Å². The van der Waals surface area contributed by atoms with Crippen LogP contribution < -0.4 is 0 Å². The van der Waals surface area contributed by atoms with Crippen LogP contribution in [0.2, 0.25) is 5.02 Å². The van der Waals surface area contributed by atoms with Crippen molar-refractivity contribution in [2.45, 2.75) is 24.9 Å². The number of hydrogen-bond donors (Lipinski definition) is 0. The lowest BCUT2D eigenvalue weighted by atomic mass is 9.85. The van der Waals surface area contributed by atoms with Crippen LogP contribution in [0.4, 0.5) is 8.78 Å². The number of hydrogen-bond acceptors (Lipinski definition) is 3. The third-order valence-corrected chi connectivity index (χ3v) is 6.53. The zero-order valence-electron chi connectivity index (χ0n) is 15.1. The van der Waals surface area contributed by atoms with E-state index in [2.05, 4.69) is 16.8 Å². The average Bonchev–Trinajstić information content (AvgIpc) is 3.10. The number of rotatable bonds is 3. The summed E-state index contributed by atoms with van der Waals surface area (Å²) in [6, 6.07) is 9.07. The SMILES string of the molecule is CN1CCC12CCN(Cc1c(F)ccc(-c3ccc(C#N)c(F)c3)c1Cl)C2. The minimum Gasteiger partial charge on any atom is -0.299 e. The van der Waals surface area contributed by atoms with Gasteiger partial charge in [-0.3, -0.25) is 9.80 Å². The Kier molecular flexibility index (Phi) is 4.67. The second-order valence-electron chi connectivity index (χ2n) is 7.55. The van der Waals surface area contributed by atoms with Gasteiger partial charge in [0.05, 0.1) is 10.6 Å². The first kappa shape index (κ1) is 18.4. The lowest BCUT2D eigenvalue weighted by molar-refractivity contribution is 0.0188. The van der Waals surface area contributed by atoms with Crippen LogP contribution in [-0.2, 0) is 6.54 Å². The van der Waals surface area contributed by atoms with Crippen molar-refractivity contribution in [1.82, 2.24) is 9.80 Å². The molecule has 0 amide bonds. The molecule has 0 saturated carbocycles. The molecular weight excluding hydrogens is 368 g/mol. The Hall–Kier alpha value is -2.00. The van der Waals surface area contributed by atoms with Crippen molar-refractivity contribution in [1.29, 1.82) is 5.26 Å². The molecule has 2 aliphatic heterocycles. The molecule has 0 aromatic heterocycles. The number of nitriles is 1. The van der Waals surface area contributed by atoms with Gasteiger partial charge >= 0.3 is 0 Å². The molecule has 0 N–H and O–H groups in total. The molecule has 2 aromatic carbocycles. The molecule has 27 heavy (non-hydrogen) atoms. The number of nitrogens with zero attached hydrogens (tertiary/aromatic N) is 3. The molecule has 0 radical (unpaired) electrons. The van der Waals surface area contributed by atoms with E-state index in [4.69, 9.17) is 16.9 Å². The van der Waals surface area contributed by atoms with E-state index in [-0.39, 0.29) is 16.9 Å². The summed E-state index contributed by atoms with van der Waals surface area (Å²) in [5, 5.41) is 9.19. The van der Waals surface area contributed by atoms with Crippen LogP contribution in [0, 0.1) is 23.0 Å². The lowest BCUT2D eigenvalue weighted by Gasteiger charge is -2.48. The molecule has 2 fully saturated rings. The molecule has 1 spiro atoms. The van der Waals surface area contributed by atoms with Crippen molar-refractivity contribution in [3.8, 4) is 17.2 Å². The molecular formula is C21H20ClF2N3. The van der Waals surface area contributed by atoms with Crippen LogP contribution in [0.25, 0.3) is 11.1 Å². The molecule has 6 heteroatoms. The summed E-state index contributed by atoms with van der Waals surface area (Å²) in [5.41, 5.74) is 1.76. The molecule has 140 valence electrons. The Morgan fingerprint density at radius 3 is 2.52 bits per heavy atom. The quantitative estimate of drug-likeness (QED) is 0.780. The van der Waals surface area contributed by atoms with Crippen LogP contribution in [0.5, 0.6) is 0 Å². The first-order valence-corrected chi connectivity index (χ1v) is 9.42. The highest BCUT2D eigenvalue weighted by Crippen LogP contribution is 2.39. The molecule has 1 atom stereocenters. The number of likely N-dealkylation sites (tertiary alicyclic amines) is 2. The Balaban J connectivity index is 1.62. The first-order valence-electron chi connectivity index (χ1n) is 9.04. The molecule has 2 aliphatic rings. The molecule has 1 unspecified atom stereocenters. The lowest BCUT2D eigenvalue weighted by Crippen LogP contribution is -2.59. The van der Waals surface area contributed by atoms with Crippen molar-refractivity contribution >= 4 is 11.6 Å². The maximum absolute atomic E-state index is 14.5. The maximum atomic E-state index is 14.5. The van der Waals surface area contributed by atoms with Crippen molar-refractivity contribution in [2.75, 3.05) is 26.7 Å². The number of benzene rings is 2. The van der Waals surface area contributed by atoms with Gasteiger partial charge in [-0.1, -0.05) is 17.7 Å². The maximum Gasteiger partial charge on any atom is 0.141 e. The molecule has 4 rings (SSSR count). The highest BCUT2D eigenvalue weighted by Gasteiger charge is 2.47. The number of halogens is 3. The van der Waals surface area contributed by atoms with E-state index >= 15 is 0 Å². The van der Waals surface area contributed by atoms with Gasteiger partial charge < -0.3 is 0 Å². The van der Waals surface area contributed by atoms with Gasteiger partial charge in [-0.15, -0.1) is 0 Å². The van der Waals surface area contributed by atoms with Crippen LogP contribution in [0.1, 0.15) is 24.0 Å². The summed E-state index contributed by atoms with van der Waals surface area (Å²) in [6.07, 6.45) is 2.27. The monoisotopic (exact) mass is 387 g/mol. The fourth-order valence-corrected chi connectivity index (χ4v) is 4.53. The third kappa shape index (κ3) is 3.12. The average molecular weight is 388 g/mol. The molecule has 2 aromatic rings. The van der Waals surface area contributed by atoms with Gasteiger partial charge in [-0.2, -0.15) is 5.26 Å². The summed E-state index contributed by atoms with van der Waals surface area (Å²) in [7, 11) is 2.14. The Labute approximate surface area is 162 Å². The van der Waals surface area contributed by atoms with Gasteiger partial charge in [0.25, 0.3) is 0 Å². The first-order chi connectivity index (χ1) is 12.9. The molecule has 2 heterocycles. The van der Waals surface area contributed by atoms with Crippen LogP contribution in [0.15, 0.2) is 30.3 Å². The fraction of sp³-hybridized carbons (Fsp3) is 0.381. The predicted octanol–water partition coefficient (Wildman–Crippen LogP) is 4.44. The summed E-state index contributed by atoms with van der Waals surface area (Å²) in [5.74, 6) is -0.952. The standard InChI is InChI=1S/C21H20ClF2N3/c1-26-8-6-21(26)7-9-27(13-21)12-17-18(23)5-4-16(20(17)22)14-2-3-15(11-25)19(24)10-14/h2-5,10H,6-9,12-13H2,1H3. The second kappa shape index (κ2) is 6.87. The second-order valence-corrected chi connectivity index (χ2v) is 7.93. The normalized spacial score (nSPS) is 22.8. The minimum absolute atomic E-state index is 0.0239. The van der Waals surface area contributed by atoms with E-state index in [0.717, 1.165) is 26.1 Å². The predicted molar refractivity (Wildman–Crippen MR) is 101 cm³/mol. The van der Waals surface area contributed by atoms with Crippen molar-refractivity contribution < 1.29 is 8.78 Å². The van der Waals surface area contributed by atoms with Gasteiger partial charge in [0.2, 0.25) is 0 Å². The van der Waals surface area contributed by atoms with Crippen molar-refractivity contribution in [2.24, 2.45) is 0 Å². The molecule has 0 bridgehead atoms. The van der Waals surface area contributed by atoms with Gasteiger partial charge in [-0.25, -0.2) is 8.78 Å². The van der Waals surface area contributed by atoms with Crippen LogP contribution in [-0.4, -0.2) is 42.0 Å². The van der Waals surface area contributed by atoms with Crippen molar-refractivity contribution in [3.05, 3.63) is 58.1 Å². The van der Waals surface area contributed by atoms with E-state index in [1.165, 1.54) is 24.6 Å². The smallest absolute Gasteiger partial charge is 0.141 e. The summed E-state index contributed by atoms with van der Waals surface area (Å²) in [6.45, 7) is 3.38. The van der Waals surface area contributed by atoms with Crippen LogP contribution in [0.3, 0.4) is 0 Å². The van der Waals surface area contributed by atoms with Gasteiger partial charge in [0.15, 0.2) is 0 Å². The van der Waals surface area contributed by atoms with Crippen LogP contribution >= 0.6 is 11.6 Å².